The summed E-state index contributed by atoms with van der Waals surface area (Å²) in [6, 6.07) is 0. The van der Waals surface area contributed by atoms with Crippen LogP contribution < -0.4 is 5.11 Å². The van der Waals surface area contributed by atoms with E-state index in [0.717, 1.165) is 17.3 Å². The molecular weight excluding hydrogens is 490 g/mol. The third-order valence-electron chi connectivity index (χ3n) is 8.17. The Morgan fingerprint density at radius 3 is 0.850 bits per heavy atom. The van der Waals surface area contributed by atoms with E-state index in [1.807, 2.05) is 0 Å². The highest BCUT2D eigenvalue weighted by molar-refractivity contribution is 5.64. The van der Waals surface area contributed by atoms with Crippen LogP contribution in [-0.4, -0.2) is 38.1 Å². The van der Waals surface area contributed by atoms with Crippen molar-refractivity contribution in [2.45, 2.75) is 206 Å². The van der Waals surface area contributed by atoms with Gasteiger partial charge in [0.25, 0.3) is 0 Å². The first-order chi connectivity index (χ1) is 19.3. The molecule has 0 aromatic heterocycles. The van der Waals surface area contributed by atoms with Crippen LogP contribution >= 0.6 is 0 Å². The van der Waals surface area contributed by atoms with Gasteiger partial charge in [-0.05, 0) is 25.7 Å². The quantitative estimate of drug-likeness (QED) is 0.0617. The van der Waals surface area contributed by atoms with Crippen molar-refractivity contribution in [1.29, 1.82) is 0 Å². The number of carbonyl (C=O) groups excluding carboxylic acids is 1. The van der Waals surface area contributed by atoms with Gasteiger partial charge in [-0.15, -0.1) is 0 Å². The second-order valence-corrected chi connectivity index (χ2v) is 13.7. The molecule has 0 saturated heterocycles. The lowest BCUT2D eigenvalue weighted by atomic mass is 10.0. The molecular formula is C37H77NO2. The molecule has 0 heterocycles. The molecule has 0 aliphatic carbocycles. The van der Waals surface area contributed by atoms with Crippen LogP contribution in [0.3, 0.4) is 0 Å². The Kier molecular flexibility index (Phi) is 36.0. The van der Waals surface area contributed by atoms with Crippen LogP contribution in [0, 0.1) is 0 Å². The first kappa shape index (κ1) is 41.6. The van der Waals surface area contributed by atoms with E-state index in [1.54, 1.807) is 0 Å². The monoisotopic (exact) mass is 568 g/mol. The van der Waals surface area contributed by atoms with E-state index in [1.165, 1.54) is 180 Å². The van der Waals surface area contributed by atoms with Crippen molar-refractivity contribution < 1.29 is 14.4 Å². The third kappa shape index (κ3) is 44.4. The zero-order valence-corrected chi connectivity index (χ0v) is 28.7. The highest BCUT2D eigenvalue weighted by atomic mass is 16.4. The average Bonchev–Trinajstić information content (AvgIpc) is 2.90. The van der Waals surface area contributed by atoms with Gasteiger partial charge in [0, 0.05) is 5.97 Å². The molecule has 3 heteroatoms. The smallest absolute Gasteiger partial charge is 0.0780 e. The summed E-state index contributed by atoms with van der Waals surface area (Å²) in [6.45, 7) is 5.89. The fourth-order valence-corrected chi connectivity index (χ4v) is 5.42. The number of unbranched alkanes of at least 4 members (excludes halogenated alkanes) is 27. The molecule has 0 aliphatic heterocycles. The van der Waals surface area contributed by atoms with Crippen LogP contribution in [-0.2, 0) is 4.79 Å². The maximum atomic E-state index is 10.2. The fourth-order valence-electron chi connectivity index (χ4n) is 5.42. The summed E-state index contributed by atoms with van der Waals surface area (Å²) in [5.74, 6) is -0.903. The molecule has 0 bridgehead atoms. The molecule has 0 N–H and O–H groups in total. The second-order valence-electron chi connectivity index (χ2n) is 13.7. The molecule has 0 rings (SSSR count). The number of carboxylic acid groups (broad SMARTS) is 1. The molecule has 0 fully saturated rings. The average molecular weight is 568 g/mol. The lowest BCUT2D eigenvalue weighted by Gasteiger charge is -2.23. The van der Waals surface area contributed by atoms with Crippen LogP contribution in [0.5, 0.6) is 0 Å². The van der Waals surface area contributed by atoms with Crippen molar-refractivity contribution in [3.8, 4) is 0 Å². The topological polar surface area (TPSA) is 40.1 Å². The van der Waals surface area contributed by atoms with Crippen molar-refractivity contribution >= 4 is 5.97 Å². The molecule has 0 atom stereocenters. The van der Waals surface area contributed by atoms with E-state index >= 15 is 0 Å². The first-order valence-corrected chi connectivity index (χ1v) is 18.3. The van der Waals surface area contributed by atoms with Crippen molar-refractivity contribution in [3.05, 3.63) is 0 Å². The SMILES string of the molecule is CCCCCCCCCCCCCCCCCC(=O)[O-].CCCCCCCCCCCCCCCC[N+](C)(C)C. The van der Waals surface area contributed by atoms with E-state index in [2.05, 4.69) is 35.0 Å². The molecule has 0 aromatic rings. The van der Waals surface area contributed by atoms with Gasteiger partial charge in [-0.1, -0.05) is 181 Å². The van der Waals surface area contributed by atoms with Crippen LogP contribution in [0.25, 0.3) is 0 Å². The van der Waals surface area contributed by atoms with Crippen molar-refractivity contribution in [1.82, 2.24) is 0 Å². The largest absolute Gasteiger partial charge is 0.550 e. The number of carboxylic acids is 1. The number of nitrogens with zero attached hydrogens (tertiary/aromatic N) is 1. The van der Waals surface area contributed by atoms with Gasteiger partial charge in [-0.25, -0.2) is 0 Å². The minimum absolute atomic E-state index is 0.234. The highest BCUT2D eigenvalue weighted by Gasteiger charge is 2.05. The summed E-state index contributed by atoms with van der Waals surface area (Å²) in [5, 5.41) is 10.2. The van der Waals surface area contributed by atoms with Gasteiger partial charge in [-0.3, -0.25) is 0 Å². The minimum Gasteiger partial charge on any atom is -0.550 e. The first-order valence-electron chi connectivity index (χ1n) is 18.3. The van der Waals surface area contributed by atoms with Gasteiger partial charge in [0.1, 0.15) is 0 Å². The second kappa shape index (κ2) is 34.6. The van der Waals surface area contributed by atoms with E-state index in [0.29, 0.717) is 0 Å². The summed E-state index contributed by atoms with van der Waals surface area (Å²) >= 11 is 0. The Balaban J connectivity index is 0. The summed E-state index contributed by atoms with van der Waals surface area (Å²) < 4.78 is 1.12. The van der Waals surface area contributed by atoms with Crippen LogP contribution in [0.2, 0.25) is 0 Å². The van der Waals surface area contributed by atoms with Crippen molar-refractivity contribution in [2.75, 3.05) is 27.7 Å². The number of carbonyl (C=O) groups is 1. The molecule has 0 saturated carbocycles. The predicted octanol–water partition coefficient (Wildman–Crippen LogP) is 11.2. The van der Waals surface area contributed by atoms with Gasteiger partial charge in [0.15, 0.2) is 0 Å². The Morgan fingerprint density at radius 1 is 0.400 bits per heavy atom. The molecule has 0 spiro atoms. The summed E-state index contributed by atoms with van der Waals surface area (Å²) in [4.78, 5) is 10.2. The molecule has 242 valence electrons. The molecule has 0 aliphatic rings. The molecule has 0 radical (unpaired) electrons. The summed E-state index contributed by atoms with van der Waals surface area (Å²) in [5.41, 5.74) is 0. The van der Waals surface area contributed by atoms with Crippen molar-refractivity contribution in [2.24, 2.45) is 0 Å². The van der Waals surface area contributed by atoms with Crippen molar-refractivity contribution in [3.63, 3.8) is 0 Å². The van der Waals surface area contributed by atoms with Crippen LogP contribution in [0.1, 0.15) is 206 Å². The van der Waals surface area contributed by atoms with Gasteiger partial charge in [0.2, 0.25) is 0 Å². The third-order valence-corrected chi connectivity index (χ3v) is 8.17. The summed E-state index contributed by atoms with van der Waals surface area (Å²) in [7, 11) is 6.88. The number of rotatable bonds is 31. The molecule has 40 heavy (non-hydrogen) atoms. The lowest BCUT2D eigenvalue weighted by molar-refractivity contribution is -0.870. The number of quaternary nitrogens is 1. The van der Waals surface area contributed by atoms with Gasteiger partial charge in [0.05, 0.1) is 27.7 Å². The van der Waals surface area contributed by atoms with E-state index < -0.39 is 5.97 Å². The number of aliphatic carboxylic acids is 1. The van der Waals surface area contributed by atoms with Gasteiger partial charge >= 0.3 is 0 Å². The Bertz CT molecular complexity index is 471. The minimum atomic E-state index is -0.903. The Labute approximate surface area is 254 Å². The zero-order valence-electron chi connectivity index (χ0n) is 28.7. The maximum Gasteiger partial charge on any atom is 0.0780 e. The maximum absolute atomic E-state index is 10.2. The summed E-state index contributed by atoms with van der Waals surface area (Å²) in [6.07, 6.45) is 40.2. The Hall–Kier alpha value is -0.570. The van der Waals surface area contributed by atoms with Gasteiger partial charge < -0.3 is 14.4 Å². The highest BCUT2D eigenvalue weighted by Crippen LogP contribution is 2.14. The molecule has 0 aromatic carbocycles. The fraction of sp³-hybridized carbons (Fsp3) is 0.973. The predicted molar refractivity (Wildman–Crippen MR) is 178 cm³/mol. The molecule has 0 amide bonds. The van der Waals surface area contributed by atoms with E-state index in [-0.39, 0.29) is 6.42 Å². The standard InChI is InChI=1S/C19H42N.C18H36O2/c1-5-6-7-8-9-10-11-12-13-14-15-16-17-18-19-20(2,3)4;1-2-3-4-5-6-7-8-9-10-11-12-13-14-15-16-17-18(19)20/h5-19H2,1-4H3;2-17H2,1H3,(H,19,20)/q+1;/p-1. The normalized spacial score (nSPS) is 11.4. The Morgan fingerprint density at radius 2 is 0.625 bits per heavy atom. The molecule has 3 nitrogen and oxygen atoms in total. The van der Waals surface area contributed by atoms with Crippen LogP contribution in [0.4, 0.5) is 0 Å². The van der Waals surface area contributed by atoms with Gasteiger partial charge in [-0.2, -0.15) is 0 Å². The van der Waals surface area contributed by atoms with E-state index in [9.17, 15) is 9.90 Å². The zero-order chi connectivity index (χ0) is 30.0. The molecule has 0 unspecified atom stereocenters. The van der Waals surface area contributed by atoms with Crippen LogP contribution in [0.15, 0.2) is 0 Å². The number of hydrogen-bond acceptors (Lipinski definition) is 2. The lowest BCUT2D eigenvalue weighted by Crippen LogP contribution is -2.35. The van der Waals surface area contributed by atoms with E-state index in [4.69, 9.17) is 0 Å². The number of hydrogen-bond donors (Lipinski definition) is 0.